The summed E-state index contributed by atoms with van der Waals surface area (Å²) >= 11 is 0. The Bertz CT molecular complexity index is 629. The first-order valence-corrected chi connectivity index (χ1v) is 6.58. The predicted octanol–water partition coefficient (Wildman–Crippen LogP) is 3.56. The van der Waals surface area contributed by atoms with Crippen molar-refractivity contribution in [1.29, 1.82) is 0 Å². The molecular weight excluding hydrogens is 257 g/mol. The standard InChI is InChI=1S/C15H18FN3O/c1-4-5-13-18-14(17)10(3)15(19-13)20-11-7-6-9(2)12(16)8-11/h6-8H,4-5H2,1-3H3,(H2,17,18,19). The van der Waals surface area contributed by atoms with Crippen molar-refractivity contribution < 1.29 is 9.13 Å². The maximum absolute atomic E-state index is 13.5. The van der Waals surface area contributed by atoms with Gasteiger partial charge in [0.1, 0.15) is 23.2 Å². The van der Waals surface area contributed by atoms with Gasteiger partial charge in [-0.25, -0.2) is 9.37 Å². The molecule has 20 heavy (non-hydrogen) atoms. The molecule has 0 fully saturated rings. The third kappa shape index (κ3) is 3.04. The highest BCUT2D eigenvalue weighted by molar-refractivity contribution is 5.46. The minimum absolute atomic E-state index is 0.309. The van der Waals surface area contributed by atoms with Gasteiger partial charge in [-0.1, -0.05) is 13.0 Å². The fraction of sp³-hybridized carbons (Fsp3) is 0.333. The molecule has 0 saturated carbocycles. The average molecular weight is 275 g/mol. The highest BCUT2D eigenvalue weighted by Gasteiger charge is 2.11. The van der Waals surface area contributed by atoms with Crippen molar-refractivity contribution in [3.05, 3.63) is 41.0 Å². The maximum Gasteiger partial charge on any atom is 0.227 e. The Balaban J connectivity index is 2.34. The van der Waals surface area contributed by atoms with Crippen molar-refractivity contribution in [3.63, 3.8) is 0 Å². The normalized spacial score (nSPS) is 10.6. The van der Waals surface area contributed by atoms with E-state index in [1.165, 1.54) is 6.07 Å². The molecule has 0 aliphatic heterocycles. The summed E-state index contributed by atoms with van der Waals surface area (Å²) in [5, 5.41) is 0. The number of aryl methyl sites for hydroxylation is 2. The molecule has 1 aromatic carbocycles. The van der Waals surface area contributed by atoms with Gasteiger partial charge in [0.05, 0.1) is 5.56 Å². The van der Waals surface area contributed by atoms with Gasteiger partial charge in [0.2, 0.25) is 5.88 Å². The minimum atomic E-state index is -0.309. The number of nitrogens with two attached hydrogens (primary N) is 1. The number of aromatic nitrogens is 2. The minimum Gasteiger partial charge on any atom is -0.438 e. The molecule has 0 unspecified atom stereocenters. The number of halogens is 1. The molecule has 106 valence electrons. The largest absolute Gasteiger partial charge is 0.438 e. The summed E-state index contributed by atoms with van der Waals surface area (Å²) in [5.41, 5.74) is 7.08. The Morgan fingerprint density at radius 2 is 2.00 bits per heavy atom. The molecule has 0 spiro atoms. The second-order valence-electron chi connectivity index (χ2n) is 4.72. The van der Waals surface area contributed by atoms with Gasteiger partial charge in [-0.3, -0.25) is 0 Å². The van der Waals surface area contributed by atoms with Gasteiger partial charge >= 0.3 is 0 Å². The number of benzene rings is 1. The van der Waals surface area contributed by atoms with Crippen LogP contribution in [0.5, 0.6) is 11.6 Å². The Hall–Kier alpha value is -2.17. The highest BCUT2D eigenvalue weighted by atomic mass is 19.1. The summed E-state index contributed by atoms with van der Waals surface area (Å²) < 4.78 is 19.2. The van der Waals surface area contributed by atoms with Crippen molar-refractivity contribution in [1.82, 2.24) is 9.97 Å². The molecular formula is C15H18FN3O. The lowest BCUT2D eigenvalue weighted by Gasteiger charge is -2.11. The summed E-state index contributed by atoms with van der Waals surface area (Å²) in [6.45, 7) is 5.52. The van der Waals surface area contributed by atoms with Gasteiger partial charge in [0, 0.05) is 12.5 Å². The van der Waals surface area contributed by atoms with Gasteiger partial charge in [-0.2, -0.15) is 4.98 Å². The van der Waals surface area contributed by atoms with E-state index in [1.807, 2.05) is 6.92 Å². The molecule has 0 radical (unpaired) electrons. The van der Waals surface area contributed by atoms with Gasteiger partial charge in [0.25, 0.3) is 0 Å². The first kappa shape index (κ1) is 14.2. The van der Waals surface area contributed by atoms with Crippen LogP contribution in [0.1, 0.15) is 30.3 Å². The van der Waals surface area contributed by atoms with Crippen LogP contribution in [0, 0.1) is 19.7 Å². The van der Waals surface area contributed by atoms with E-state index in [2.05, 4.69) is 9.97 Å². The lowest BCUT2D eigenvalue weighted by Crippen LogP contribution is -2.05. The summed E-state index contributed by atoms with van der Waals surface area (Å²) in [6.07, 6.45) is 1.64. The Morgan fingerprint density at radius 3 is 2.65 bits per heavy atom. The van der Waals surface area contributed by atoms with Crippen molar-refractivity contribution in [2.75, 3.05) is 5.73 Å². The molecule has 0 atom stereocenters. The molecule has 5 heteroatoms. The molecule has 0 aliphatic carbocycles. The Labute approximate surface area is 117 Å². The highest BCUT2D eigenvalue weighted by Crippen LogP contribution is 2.27. The van der Waals surface area contributed by atoms with Crippen LogP contribution in [0.25, 0.3) is 0 Å². The van der Waals surface area contributed by atoms with E-state index >= 15 is 0 Å². The zero-order chi connectivity index (χ0) is 14.7. The summed E-state index contributed by atoms with van der Waals surface area (Å²) in [7, 11) is 0. The van der Waals surface area contributed by atoms with Crippen molar-refractivity contribution in [2.24, 2.45) is 0 Å². The van der Waals surface area contributed by atoms with E-state index < -0.39 is 0 Å². The second-order valence-corrected chi connectivity index (χ2v) is 4.72. The summed E-state index contributed by atoms with van der Waals surface area (Å²) in [5.74, 6) is 1.50. The van der Waals surface area contributed by atoms with Crippen LogP contribution in [0.4, 0.5) is 10.2 Å². The van der Waals surface area contributed by atoms with E-state index in [-0.39, 0.29) is 5.82 Å². The van der Waals surface area contributed by atoms with Crippen molar-refractivity contribution in [2.45, 2.75) is 33.6 Å². The number of nitrogen functional groups attached to an aromatic ring is 1. The van der Waals surface area contributed by atoms with Gasteiger partial charge in [0.15, 0.2) is 0 Å². The topological polar surface area (TPSA) is 61.0 Å². The Kier molecular flexibility index (Phi) is 4.17. The first-order chi connectivity index (χ1) is 9.51. The number of hydrogen-bond acceptors (Lipinski definition) is 4. The smallest absolute Gasteiger partial charge is 0.227 e. The van der Waals surface area contributed by atoms with Crippen LogP contribution in [0.2, 0.25) is 0 Å². The number of anilines is 1. The van der Waals surface area contributed by atoms with Crippen molar-refractivity contribution >= 4 is 5.82 Å². The van der Waals surface area contributed by atoms with E-state index in [0.717, 1.165) is 12.8 Å². The first-order valence-electron chi connectivity index (χ1n) is 6.58. The van der Waals surface area contributed by atoms with E-state index in [0.29, 0.717) is 34.4 Å². The molecule has 1 aromatic heterocycles. The molecule has 2 N–H and O–H groups in total. The van der Waals surface area contributed by atoms with Crippen LogP contribution < -0.4 is 10.5 Å². The van der Waals surface area contributed by atoms with Crippen LogP contribution in [0.3, 0.4) is 0 Å². The summed E-state index contributed by atoms with van der Waals surface area (Å²) in [6, 6.07) is 4.71. The van der Waals surface area contributed by atoms with Crippen LogP contribution in [-0.2, 0) is 6.42 Å². The monoisotopic (exact) mass is 275 g/mol. The number of hydrogen-bond donors (Lipinski definition) is 1. The molecule has 0 bridgehead atoms. The predicted molar refractivity (Wildman–Crippen MR) is 76.4 cm³/mol. The number of rotatable bonds is 4. The molecule has 0 amide bonds. The van der Waals surface area contributed by atoms with E-state index in [1.54, 1.807) is 26.0 Å². The molecule has 0 aliphatic rings. The fourth-order valence-electron chi connectivity index (χ4n) is 1.74. The molecule has 2 rings (SSSR count). The third-order valence-corrected chi connectivity index (χ3v) is 3.02. The fourth-order valence-corrected chi connectivity index (χ4v) is 1.74. The zero-order valence-electron chi connectivity index (χ0n) is 11.9. The van der Waals surface area contributed by atoms with Crippen LogP contribution >= 0.6 is 0 Å². The van der Waals surface area contributed by atoms with E-state index in [4.69, 9.17) is 10.5 Å². The van der Waals surface area contributed by atoms with Gasteiger partial charge in [-0.15, -0.1) is 0 Å². The van der Waals surface area contributed by atoms with Crippen molar-refractivity contribution in [3.8, 4) is 11.6 Å². The van der Waals surface area contributed by atoms with Crippen LogP contribution in [-0.4, -0.2) is 9.97 Å². The zero-order valence-corrected chi connectivity index (χ0v) is 11.9. The lowest BCUT2D eigenvalue weighted by atomic mass is 10.2. The quantitative estimate of drug-likeness (QED) is 0.926. The maximum atomic E-state index is 13.5. The average Bonchev–Trinajstić information content (AvgIpc) is 2.40. The molecule has 2 aromatic rings. The lowest BCUT2D eigenvalue weighted by molar-refractivity contribution is 0.450. The van der Waals surface area contributed by atoms with Gasteiger partial charge < -0.3 is 10.5 Å². The Morgan fingerprint density at radius 1 is 1.25 bits per heavy atom. The number of ether oxygens (including phenoxy) is 1. The second kappa shape index (κ2) is 5.86. The van der Waals surface area contributed by atoms with Gasteiger partial charge in [-0.05, 0) is 31.9 Å². The SMILES string of the molecule is CCCc1nc(N)c(C)c(Oc2ccc(C)c(F)c2)n1. The molecule has 1 heterocycles. The summed E-state index contributed by atoms with van der Waals surface area (Å²) in [4.78, 5) is 8.54. The molecule has 4 nitrogen and oxygen atoms in total. The van der Waals surface area contributed by atoms with E-state index in [9.17, 15) is 4.39 Å². The number of nitrogens with zero attached hydrogens (tertiary/aromatic N) is 2. The molecule has 0 saturated heterocycles. The van der Waals surface area contributed by atoms with Crippen LogP contribution in [0.15, 0.2) is 18.2 Å². The third-order valence-electron chi connectivity index (χ3n) is 3.02.